The van der Waals surface area contributed by atoms with Crippen molar-refractivity contribution in [3.63, 3.8) is 0 Å². The monoisotopic (exact) mass is 416 g/mol. The number of rotatable bonds is 3. The molecule has 7 nitrogen and oxygen atoms in total. The van der Waals surface area contributed by atoms with Crippen LogP contribution in [0, 0.1) is 0 Å². The summed E-state index contributed by atoms with van der Waals surface area (Å²) in [6.07, 6.45) is 3.07. The van der Waals surface area contributed by atoms with E-state index >= 15 is 0 Å². The highest BCUT2D eigenvalue weighted by molar-refractivity contribution is 6.42. The third-order valence-electron chi connectivity index (χ3n) is 4.76. The van der Waals surface area contributed by atoms with Crippen molar-refractivity contribution >= 4 is 29.2 Å². The zero-order chi connectivity index (χ0) is 19.7. The third-order valence-corrected chi connectivity index (χ3v) is 5.50. The Morgan fingerprint density at radius 1 is 1.14 bits per heavy atom. The van der Waals surface area contributed by atoms with Gasteiger partial charge in [0.1, 0.15) is 6.33 Å². The van der Waals surface area contributed by atoms with Crippen molar-refractivity contribution in [2.75, 3.05) is 24.5 Å². The minimum Gasteiger partial charge on any atom is -0.339 e. The average molecular weight is 417 g/mol. The predicted octanol–water partition coefficient (Wildman–Crippen LogP) is 2.70. The van der Waals surface area contributed by atoms with Crippen molar-refractivity contribution in [2.24, 2.45) is 7.05 Å². The summed E-state index contributed by atoms with van der Waals surface area (Å²) >= 11 is 12.2. The van der Waals surface area contributed by atoms with E-state index in [4.69, 9.17) is 28.2 Å². The topological polar surface area (TPSA) is 75.9 Å². The lowest BCUT2D eigenvalue weighted by molar-refractivity contribution is 0.462. The van der Waals surface area contributed by atoms with Crippen molar-refractivity contribution in [1.82, 2.24) is 24.8 Å². The molecule has 4 rings (SSSR count). The zero-order valence-electron chi connectivity index (χ0n) is 15.1. The predicted molar refractivity (Wildman–Crippen MR) is 110 cm³/mol. The molecule has 0 radical (unpaired) electrons. The highest BCUT2D eigenvalue weighted by Crippen LogP contribution is 2.28. The van der Waals surface area contributed by atoms with Crippen LogP contribution >= 0.6 is 23.2 Å². The number of nitrogens with one attached hydrogen (secondary N) is 1. The van der Waals surface area contributed by atoms with E-state index in [-0.39, 0.29) is 11.6 Å². The Morgan fingerprint density at radius 3 is 2.75 bits per heavy atom. The average Bonchev–Trinajstić information content (AvgIpc) is 2.72. The summed E-state index contributed by atoms with van der Waals surface area (Å²) in [5, 5.41) is 4.53. The molecule has 9 heteroatoms. The number of anilines is 1. The molecule has 0 spiro atoms. The maximum Gasteiger partial charge on any atom is 0.255 e. The van der Waals surface area contributed by atoms with E-state index in [9.17, 15) is 4.79 Å². The van der Waals surface area contributed by atoms with E-state index in [1.54, 1.807) is 29.9 Å². The molecule has 3 heterocycles. The van der Waals surface area contributed by atoms with Gasteiger partial charge in [-0.2, -0.15) is 0 Å². The Kier molecular flexibility index (Phi) is 5.30. The van der Waals surface area contributed by atoms with Gasteiger partial charge in [-0.1, -0.05) is 29.3 Å². The number of piperazine rings is 1. The fraction of sp³-hybridized carbons (Fsp3) is 0.263. The SMILES string of the molecule is Cn1c(N2CCNC(c3ccc(Cl)c(Cl)c3)C2)nc(-c2ccncn2)cc1=O. The smallest absolute Gasteiger partial charge is 0.255 e. The molecule has 1 aliphatic heterocycles. The van der Waals surface area contributed by atoms with Crippen LogP contribution in [-0.4, -0.2) is 39.2 Å². The summed E-state index contributed by atoms with van der Waals surface area (Å²) in [6, 6.07) is 8.90. The van der Waals surface area contributed by atoms with E-state index in [2.05, 4.69) is 20.2 Å². The van der Waals surface area contributed by atoms with Gasteiger partial charge in [0.15, 0.2) is 0 Å². The zero-order valence-corrected chi connectivity index (χ0v) is 16.7. The van der Waals surface area contributed by atoms with Crippen LogP contribution < -0.4 is 15.8 Å². The lowest BCUT2D eigenvalue weighted by atomic mass is 10.0. The molecule has 144 valence electrons. The molecule has 0 saturated carbocycles. The van der Waals surface area contributed by atoms with E-state index < -0.39 is 0 Å². The molecule has 1 unspecified atom stereocenters. The van der Waals surface area contributed by atoms with Gasteiger partial charge in [-0.25, -0.2) is 15.0 Å². The second-order valence-electron chi connectivity index (χ2n) is 6.56. The first-order valence-corrected chi connectivity index (χ1v) is 9.56. The first kappa shape index (κ1) is 18.9. The maximum absolute atomic E-state index is 12.5. The van der Waals surface area contributed by atoms with Gasteiger partial charge < -0.3 is 10.2 Å². The van der Waals surface area contributed by atoms with Crippen molar-refractivity contribution in [3.05, 3.63) is 68.8 Å². The number of nitrogens with zero attached hydrogens (tertiary/aromatic N) is 5. The fourth-order valence-corrected chi connectivity index (χ4v) is 3.57. The van der Waals surface area contributed by atoms with Crippen LogP contribution in [0.2, 0.25) is 10.0 Å². The standard InChI is InChI=1S/C19H18Cl2N6O/c1-26-18(28)9-16(15-4-5-22-11-24-15)25-19(26)27-7-6-23-17(10-27)12-2-3-13(20)14(21)8-12/h2-5,8-9,11,17,23H,6-7,10H2,1H3. The van der Waals surface area contributed by atoms with E-state index in [0.29, 0.717) is 33.9 Å². The van der Waals surface area contributed by atoms with Gasteiger partial charge in [0.2, 0.25) is 5.95 Å². The highest BCUT2D eigenvalue weighted by atomic mass is 35.5. The minimum atomic E-state index is -0.136. The number of aromatic nitrogens is 4. The summed E-state index contributed by atoms with van der Waals surface area (Å²) in [6.45, 7) is 2.12. The third kappa shape index (κ3) is 3.73. The minimum absolute atomic E-state index is 0.0446. The van der Waals surface area contributed by atoms with Crippen molar-refractivity contribution in [2.45, 2.75) is 6.04 Å². The Bertz CT molecular complexity index is 1060. The van der Waals surface area contributed by atoms with Gasteiger partial charge in [-0.05, 0) is 23.8 Å². The Labute approximate surface area is 172 Å². The Morgan fingerprint density at radius 2 is 2.00 bits per heavy atom. The van der Waals surface area contributed by atoms with Crippen molar-refractivity contribution in [1.29, 1.82) is 0 Å². The fourth-order valence-electron chi connectivity index (χ4n) is 3.27. The maximum atomic E-state index is 12.5. The number of halogens is 2. The summed E-state index contributed by atoms with van der Waals surface area (Å²) in [7, 11) is 1.73. The molecular formula is C19H18Cl2N6O. The molecule has 3 aromatic rings. The van der Waals surface area contributed by atoms with Gasteiger partial charge in [-0.15, -0.1) is 0 Å². The number of hydrogen-bond donors (Lipinski definition) is 1. The summed E-state index contributed by atoms with van der Waals surface area (Å²) in [5.74, 6) is 0.604. The van der Waals surface area contributed by atoms with Gasteiger partial charge in [0, 0.05) is 38.9 Å². The summed E-state index contributed by atoms with van der Waals surface area (Å²) < 4.78 is 1.56. The van der Waals surface area contributed by atoms with E-state index in [1.165, 1.54) is 12.4 Å². The van der Waals surface area contributed by atoms with Crippen LogP contribution in [0.1, 0.15) is 11.6 Å². The Balaban J connectivity index is 1.67. The molecule has 2 aromatic heterocycles. The largest absolute Gasteiger partial charge is 0.339 e. The molecule has 1 aromatic carbocycles. The van der Waals surface area contributed by atoms with Crippen molar-refractivity contribution < 1.29 is 0 Å². The molecule has 0 bridgehead atoms. The second kappa shape index (κ2) is 7.87. The van der Waals surface area contributed by atoms with Crippen molar-refractivity contribution in [3.8, 4) is 11.4 Å². The quantitative estimate of drug-likeness (QED) is 0.707. The molecule has 1 saturated heterocycles. The number of benzene rings is 1. The lowest BCUT2D eigenvalue weighted by Gasteiger charge is -2.35. The van der Waals surface area contributed by atoms with Gasteiger partial charge >= 0.3 is 0 Å². The molecule has 1 N–H and O–H groups in total. The molecule has 1 aliphatic rings. The van der Waals surface area contributed by atoms with Crippen LogP contribution in [0.25, 0.3) is 11.4 Å². The van der Waals surface area contributed by atoms with Gasteiger partial charge in [0.25, 0.3) is 5.56 Å². The van der Waals surface area contributed by atoms with Crippen LogP contribution in [0.15, 0.2) is 47.7 Å². The van der Waals surface area contributed by atoms with E-state index in [1.807, 2.05) is 12.1 Å². The number of hydrogen-bond acceptors (Lipinski definition) is 6. The molecule has 1 fully saturated rings. The highest BCUT2D eigenvalue weighted by Gasteiger charge is 2.24. The normalized spacial score (nSPS) is 17.0. The summed E-state index contributed by atoms with van der Waals surface area (Å²) in [4.78, 5) is 27.4. The molecular weight excluding hydrogens is 399 g/mol. The lowest BCUT2D eigenvalue weighted by Crippen LogP contribution is -2.47. The first-order chi connectivity index (χ1) is 13.5. The van der Waals surface area contributed by atoms with Crippen LogP contribution in [-0.2, 0) is 7.05 Å². The van der Waals surface area contributed by atoms with Crippen LogP contribution in [0.5, 0.6) is 0 Å². The Hall–Kier alpha value is -2.48. The van der Waals surface area contributed by atoms with E-state index in [0.717, 1.165) is 18.7 Å². The van der Waals surface area contributed by atoms with Gasteiger partial charge in [0.05, 0.1) is 27.5 Å². The molecule has 0 aliphatic carbocycles. The van der Waals surface area contributed by atoms with Crippen LogP contribution in [0.4, 0.5) is 5.95 Å². The summed E-state index contributed by atoms with van der Waals surface area (Å²) in [5.41, 5.74) is 2.05. The first-order valence-electron chi connectivity index (χ1n) is 8.80. The second-order valence-corrected chi connectivity index (χ2v) is 7.37. The molecule has 1 atom stereocenters. The van der Waals surface area contributed by atoms with Crippen LogP contribution in [0.3, 0.4) is 0 Å². The molecule has 28 heavy (non-hydrogen) atoms. The van der Waals surface area contributed by atoms with Gasteiger partial charge in [-0.3, -0.25) is 9.36 Å². The molecule has 0 amide bonds.